The van der Waals surface area contributed by atoms with Gasteiger partial charge in [-0.3, -0.25) is 0 Å². The van der Waals surface area contributed by atoms with E-state index in [1.54, 1.807) is 0 Å². The molecular formula is C13H25NOS. The molecule has 1 saturated carbocycles. The zero-order valence-corrected chi connectivity index (χ0v) is 11.5. The van der Waals surface area contributed by atoms with E-state index in [4.69, 9.17) is 4.74 Å². The second kappa shape index (κ2) is 6.27. The summed E-state index contributed by atoms with van der Waals surface area (Å²) in [7, 11) is 2.28. The van der Waals surface area contributed by atoms with E-state index in [1.807, 2.05) is 11.8 Å². The van der Waals surface area contributed by atoms with Gasteiger partial charge in [-0.15, -0.1) is 0 Å². The maximum atomic E-state index is 5.81. The predicted octanol–water partition coefficient (Wildman–Crippen LogP) is 2.77. The highest BCUT2D eigenvalue weighted by Crippen LogP contribution is 2.31. The normalized spacial score (nSPS) is 35.8. The first-order valence-electron chi connectivity index (χ1n) is 6.64. The Bertz CT molecular complexity index is 206. The van der Waals surface area contributed by atoms with E-state index in [9.17, 15) is 0 Å². The van der Waals surface area contributed by atoms with Crippen LogP contribution in [0, 0.1) is 0 Å². The monoisotopic (exact) mass is 243 g/mol. The van der Waals surface area contributed by atoms with Crippen LogP contribution in [-0.4, -0.2) is 48.8 Å². The van der Waals surface area contributed by atoms with Crippen LogP contribution in [0.2, 0.25) is 0 Å². The lowest BCUT2D eigenvalue weighted by atomic mass is 10.1. The van der Waals surface area contributed by atoms with Crippen molar-refractivity contribution >= 4 is 11.8 Å². The van der Waals surface area contributed by atoms with E-state index < -0.39 is 0 Å². The first-order chi connectivity index (χ1) is 7.79. The Labute approximate surface area is 104 Å². The molecular weight excluding hydrogens is 218 g/mol. The van der Waals surface area contributed by atoms with E-state index in [0.29, 0.717) is 6.10 Å². The minimum Gasteiger partial charge on any atom is -0.377 e. The lowest BCUT2D eigenvalue weighted by Gasteiger charge is -2.31. The smallest absolute Gasteiger partial charge is 0.0702 e. The van der Waals surface area contributed by atoms with Gasteiger partial charge in [0.25, 0.3) is 0 Å². The van der Waals surface area contributed by atoms with Crippen molar-refractivity contribution in [2.45, 2.75) is 55.9 Å². The van der Waals surface area contributed by atoms with Crippen molar-refractivity contribution in [1.29, 1.82) is 0 Å². The summed E-state index contributed by atoms with van der Waals surface area (Å²) in [6, 6.07) is 0.808. The van der Waals surface area contributed by atoms with Crippen LogP contribution in [0.15, 0.2) is 0 Å². The highest BCUT2D eigenvalue weighted by molar-refractivity contribution is 7.99. The molecule has 3 unspecified atom stereocenters. The number of likely N-dealkylation sites (N-methyl/N-ethyl adjacent to an activating group) is 1. The van der Waals surface area contributed by atoms with Gasteiger partial charge in [0.2, 0.25) is 0 Å². The molecule has 0 radical (unpaired) electrons. The Morgan fingerprint density at radius 2 is 2.12 bits per heavy atom. The van der Waals surface area contributed by atoms with E-state index >= 15 is 0 Å². The number of ether oxygens (including phenoxy) is 1. The standard InChI is InChI=1S/C13H25NOS/c1-14(10-12-5-3-4-8-15-12)11-6-7-13(9-11)16-2/h11-13H,3-10H2,1-2H3. The molecule has 3 heteroatoms. The molecule has 1 saturated heterocycles. The van der Waals surface area contributed by atoms with Gasteiger partial charge < -0.3 is 9.64 Å². The second-order valence-corrected chi connectivity index (χ2v) is 6.39. The van der Waals surface area contributed by atoms with Gasteiger partial charge >= 0.3 is 0 Å². The summed E-state index contributed by atoms with van der Waals surface area (Å²) in [5.41, 5.74) is 0. The average Bonchev–Trinajstić information content (AvgIpc) is 2.79. The fraction of sp³-hybridized carbons (Fsp3) is 1.00. The van der Waals surface area contributed by atoms with Crippen molar-refractivity contribution < 1.29 is 4.74 Å². The zero-order valence-electron chi connectivity index (χ0n) is 10.7. The third-order valence-electron chi connectivity index (χ3n) is 4.08. The molecule has 0 amide bonds. The van der Waals surface area contributed by atoms with Crippen molar-refractivity contribution in [2.75, 3.05) is 26.5 Å². The van der Waals surface area contributed by atoms with Gasteiger partial charge in [-0.25, -0.2) is 0 Å². The Kier molecular flexibility index (Phi) is 4.98. The summed E-state index contributed by atoms with van der Waals surface area (Å²) in [6.07, 6.45) is 10.8. The molecule has 0 aromatic carbocycles. The Hall–Kier alpha value is 0.270. The molecule has 0 aromatic heterocycles. The maximum Gasteiger partial charge on any atom is 0.0702 e. The summed E-state index contributed by atoms with van der Waals surface area (Å²) < 4.78 is 5.81. The van der Waals surface area contributed by atoms with E-state index in [-0.39, 0.29) is 0 Å². The van der Waals surface area contributed by atoms with Crippen molar-refractivity contribution in [3.63, 3.8) is 0 Å². The summed E-state index contributed by atoms with van der Waals surface area (Å²) >= 11 is 2.04. The number of nitrogens with zero attached hydrogens (tertiary/aromatic N) is 1. The van der Waals surface area contributed by atoms with Gasteiger partial charge in [0.1, 0.15) is 0 Å². The van der Waals surface area contributed by atoms with Gasteiger partial charge in [-0.1, -0.05) is 0 Å². The molecule has 0 bridgehead atoms. The Morgan fingerprint density at radius 1 is 1.25 bits per heavy atom. The van der Waals surface area contributed by atoms with Gasteiger partial charge in [0.05, 0.1) is 6.10 Å². The molecule has 1 aliphatic carbocycles. The van der Waals surface area contributed by atoms with Crippen LogP contribution < -0.4 is 0 Å². The minimum atomic E-state index is 0.507. The Morgan fingerprint density at radius 3 is 2.75 bits per heavy atom. The first kappa shape index (κ1) is 12.7. The summed E-state index contributed by atoms with van der Waals surface area (Å²) in [6.45, 7) is 2.13. The third-order valence-corrected chi connectivity index (χ3v) is 5.17. The molecule has 0 N–H and O–H groups in total. The van der Waals surface area contributed by atoms with Gasteiger partial charge in [0, 0.05) is 24.4 Å². The first-order valence-corrected chi connectivity index (χ1v) is 7.93. The molecule has 2 aliphatic rings. The Balaban J connectivity index is 1.72. The van der Waals surface area contributed by atoms with Crippen molar-refractivity contribution in [1.82, 2.24) is 4.90 Å². The van der Waals surface area contributed by atoms with Crippen LogP contribution in [0.25, 0.3) is 0 Å². The van der Waals surface area contributed by atoms with Gasteiger partial charge in [0.15, 0.2) is 0 Å². The zero-order chi connectivity index (χ0) is 11.4. The largest absolute Gasteiger partial charge is 0.377 e. The molecule has 2 fully saturated rings. The fourth-order valence-corrected chi connectivity index (χ4v) is 3.74. The highest BCUT2D eigenvalue weighted by atomic mass is 32.2. The highest BCUT2D eigenvalue weighted by Gasteiger charge is 2.28. The number of hydrogen-bond donors (Lipinski definition) is 0. The number of thioether (sulfide) groups is 1. The fourth-order valence-electron chi connectivity index (χ4n) is 2.95. The average molecular weight is 243 g/mol. The van der Waals surface area contributed by atoms with Crippen LogP contribution in [0.4, 0.5) is 0 Å². The van der Waals surface area contributed by atoms with Crippen molar-refractivity contribution in [2.24, 2.45) is 0 Å². The summed E-state index contributed by atoms with van der Waals surface area (Å²) in [5, 5.41) is 0.903. The van der Waals surface area contributed by atoms with Crippen molar-refractivity contribution in [3.05, 3.63) is 0 Å². The number of rotatable bonds is 4. The van der Waals surface area contributed by atoms with Gasteiger partial charge in [-0.2, -0.15) is 11.8 Å². The molecule has 1 aliphatic heterocycles. The molecule has 16 heavy (non-hydrogen) atoms. The molecule has 2 nitrogen and oxygen atoms in total. The van der Waals surface area contributed by atoms with Crippen LogP contribution in [0.1, 0.15) is 38.5 Å². The SMILES string of the molecule is CSC1CCC(N(C)CC2CCCCO2)C1. The van der Waals surface area contributed by atoms with Crippen LogP contribution >= 0.6 is 11.8 Å². The topological polar surface area (TPSA) is 12.5 Å². The molecule has 0 spiro atoms. The lowest BCUT2D eigenvalue weighted by Crippen LogP contribution is -2.38. The minimum absolute atomic E-state index is 0.507. The molecule has 1 heterocycles. The van der Waals surface area contributed by atoms with Gasteiger partial charge in [-0.05, 0) is 51.8 Å². The lowest BCUT2D eigenvalue weighted by molar-refractivity contribution is -0.00766. The molecule has 0 aromatic rings. The van der Waals surface area contributed by atoms with E-state index in [0.717, 1.165) is 24.4 Å². The summed E-state index contributed by atoms with van der Waals surface area (Å²) in [4.78, 5) is 2.55. The molecule has 2 rings (SSSR count). The van der Waals surface area contributed by atoms with Crippen LogP contribution in [0.5, 0.6) is 0 Å². The maximum absolute atomic E-state index is 5.81. The quantitative estimate of drug-likeness (QED) is 0.753. The second-order valence-electron chi connectivity index (χ2n) is 5.25. The van der Waals surface area contributed by atoms with Crippen molar-refractivity contribution in [3.8, 4) is 0 Å². The van der Waals surface area contributed by atoms with E-state index in [1.165, 1.54) is 38.5 Å². The van der Waals surface area contributed by atoms with Crippen LogP contribution in [-0.2, 0) is 4.74 Å². The summed E-state index contributed by atoms with van der Waals surface area (Å²) in [5.74, 6) is 0. The van der Waals surface area contributed by atoms with E-state index in [2.05, 4.69) is 18.2 Å². The number of hydrogen-bond acceptors (Lipinski definition) is 3. The predicted molar refractivity (Wildman–Crippen MR) is 71.2 cm³/mol. The molecule has 3 atom stereocenters. The molecule has 94 valence electrons. The van der Waals surface area contributed by atoms with Crippen LogP contribution in [0.3, 0.4) is 0 Å². The third kappa shape index (κ3) is 3.38.